The van der Waals surface area contributed by atoms with E-state index in [1.54, 1.807) is 30.3 Å². The van der Waals surface area contributed by atoms with Crippen molar-refractivity contribution in [2.24, 2.45) is 0 Å². The maximum Gasteiger partial charge on any atom is 0.226 e. The summed E-state index contributed by atoms with van der Waals surface area (Å²) in [5, 5.41) is 8.84. The number of likely N-dealkylation sites (N-methyl/N-ethyl adjacent to an activating group) is 1. The third-order valence-corrected chi connectivity index (χ3v) is 3.38. The molecule has 5 nitrogen and oxygen atoms in total. The average molecular weight is 250 g/mol. The van der Waals surface area contributed by atoms with Crippen LogP contribution < -0.4 is 5.73 Å². The number of nitrogens with one attached hydrogen (secondary N) is 1. The molecule has 2 heterocycles. The second-order valence-electron chi connectivity index (χ2n) is 3.90. The Morgan fingerprint density at radius 2 is 2.35 bits per heavy atom. The number of thiophene rings is 1. The summed E-state index contributed by atoms with van der Waals surface area (Å²) in [5.41, 5.74) is 7.40. The average Bonchev–Trinajstić information content (AvgIpc) is 2.89. The van der Waals surface area contributed by atoms with E-state index in [2.05, 4.69) is 10.2 Å². The highest BCUT2D eigenvalue weighted by Gasteiger charge is 2.17. The van der Waals surface area contributed by atoms with E-state index >= 15 is 0 Å². The van der Waals surface area contributed by atoms with Gasteiger partial charge in [0.25, 0.3) is 0 Å². The van der Waals surface area contributed by atoms with Crippen LogP contribution in [0.15, 0.2) is 17.5 Å². The van der Waals surface area contributed by atoms with Crippen molar-refractivity contribution in [1.82, 2.24) is 15.1 Å². The Bertz CT molecular complexity index is 516. The summed E-state index contributed by atoms with van der Waals surface area (Å²) >= 11 is 1.59. The van der Waals surface area contributed by atoms with E-state index in [-0.39, 0.29) is 12.3 Å². The molecule has 0 aromatic carbocycles. The van der Waals surface area contributed by atoms with Crippen LogP contribution in [0, 0.1) is 0 Å². The number of anilines is 1. The molecule has 0 radical (unpaired) electrons. The molecule has 2 rings (SSSR count). The van der Waals surface area contributed by atoms with E-state index < -0.39 is 0 Å². The van der Waals surface area contributed by atoms with Crippen molar-refractivity contribution < 1.29 is 4.79 Å². The van der Waals surface area contributed by atoms with Crippen LogP contribution in [-0.2, 0) is 11.2 Å². The highest BCUT2D eigenvalue weighted by molar-refractivity contribution is 7.13. The van der Waals surface area contributed by atoms with Gasteiger partial charge >= 0.3 is 0 Å². The molecule has 6 heteroatoms. The van der Waals surface area contributed by atoms with E-state index in [4.69, 9.17) is 5.73 Å². The number of aromatic nitrogens is 2. The molecule has 0 aliphatic carbocycles. The Balaban J connectivity index is 2.34. The second-order valence-corrected chi connectivity index (χ2v) is 4.85. The first-order valence-electron chi connectivity index (χ1n) is 5.16. The first-order chi connectivity index (χ1) is 8.09. The summed E-state index contributed by atoms with van der Waals surface area (Å²) in [6.45, 7) is 0. The fraction of sp³-hybridized carbons (Fsp3) is 0.273. The summed E-state index contributed by atoms with van der Waals surface area (Å²) in [6, 6.07) is 3.93. The molecule has 0 saturated heterocycles. The molecule has 90 valence electrons. The van der Waals surface area contributed by atoms with Crippen LogP contribution in [0.4, 0.5) is 5.82 Å². The normalized spacial score (nSPS) is 10.5. The summed E-state index contributed by atoms with van der Waals surface area (Å²) in [6.07, 6.45) is 0.266. The van der Waals surface area contributed by atoms with Gasteiger partial charge < -0.3 is 10.6 Å². The smallest absolute Gasteiger partial charge is 0.226 e. The van der Waals surface area contributed by atoms with Crippen molar-refractivity contribution in [3.63, 3.8) is 0 Å². The first-order valence-corrected chi connectivity index (χ1v) is 6.04. The molecule has 2 aromatic rings. The van der Waals surface area contributed by atoms with E-state index in [9.17, 15) is 4.79 Å². The molecule has 1 amide bonds. The lowest BCUT2D eigenvalue weighted by Gasteiger charge is -2.10. The number of nitrogens with zero attached hydrogens (tertiary/aromatic N) is 2. The lowest BCUT2D eigenvalue weighted by Crippen LogP contribution is -2.23. The maximum absolute atomic E-state index is 11.7. The molecular weight excluding hydrogens is 236 g/mol. The zero-order valence-corrected chi connectivity index (χ0v) is 10.5. The number of rotatable bonds is 3. The van der Waals surface area contributed by atoms with Gasteiger partial charge in [0.2, 0.25) is 5.91 Å². The molecule has 2 aromatic heterocycles. The van der Waals surface area contributed by atoms with E-state index in [0.29, 0.717) is 5.82 Å². The largest absolute Gasteiger partial charge is 0.382 e. The SMILES string of the molecule is CN(C)C(=O)Cc1c(N)n[nH]c1-c1cccs1. The molecule has 0 aliphatic rings. The highest BCUT2D eigenvalue weighted by Crippen LogP contribution is 2.29. The van der Waals surface area contributed by atoms with Gasteiger partial charge in [0, 0.05) is 19.7 Å². The standard InChI is InChI=1S/C11H14N4OS/c1-15(2)9(16)6-7-10(13-14-11(7)12)8-4-3-5-17-8/h3-5H,6H2,1-2H3,(H3,12,13,14). The van der Waals surface area contributed by atoms with E-state index in [0.717, 1.165) is 16.1 Å². The molecule has 0 saturated carbocycles. The first kappa shape index (κ1) is 11.7. The van der Waals surface area contributed by atoms with Crippen molar-refractivity contribution in [3.8, 4) is 10.6 Å². The van der Waals surface area contributed by atoms with Crippen LogP contribution in [0.2, 0.25) is 0 Å². The van der Waals surface area contributed by atoms with Gasteiger partial charge in [-0.05, 0) is 11.4 Å². The van der Waals surface area contributed by atoms with Gasteiger partial charge in [0.1, 0.15) is 5.82 Å². The maximum atomic E-state index is 11.7. The quantitative estimate of drug-likeness (QED) is 0.863. The van der Waals surface area contributed by atoms with Crippen molar-refractivity contribution in [2.45, 2.75) is 6.42 Å². The molecule has 3 N–H and O–H groups in total. The minimum Gasteiger partial charge on any atom is -0.382 e. The predicted molar refractivity (Wildman–Crippen MR) is 68.7 cm³/mol. The van der Waals surface area contributed by atoms with Crippen LogP contribution in [-0.4, -0.2) is 35.1 Å². The fourth-order valence-electron chi connectivity index (χ4n) is 1.49. The van der Waals surface area contributed by atoms with Crippen LogP contribution in [0.25, 0.3) is 10.6 Å². The molecule has 0 aliphatic heterocycles. The number of amides is 1. The number of nitrogen functional groups attached to an aromatic ring is 1. The lowest BCUT2D eigenvalue weighted by atomic mass is 10.1. The minimum absolute atomic E-state index is 0.0101. The zero-order chi connectivity index (χ0) is 12.4. The van der Waals surface area contributed by atoms with Crippen molar-refractivity contribution in [2.75, 3.05) is 19.8 Å². The van der Waals surface area contributed by atoms with Gasteiger partial charge in [-0.15, -0.1) is 11.3 Å². The third-order valence-electron chi connectivity index (χ3n) is 2.49. The second kappa shape index (κ2) is 4.58. The topological polar surface area (TPSA) is 75.0 Å². The van der Waals surface area contributed by atoms with Crippen molar-refractivity contribution in [1.29, 1.82) is 0 Å². The van der Waals surface area contributed by atoms with Crippen molar-refractivity contribution >= 4 is 23.1 Å². The van der Waals surface area contributed by atoms with Gasteiger partial charge in [-0.25, -0.2) is 0 Å². The van der Waals surface area contributed by atoms with Gasteiger partial charge in [0.15, 0.2) is 0 Å². The molecular formula is C11H14N4OS. The minimum atomic E-state index is 0.0101. The molecule has 0 atom stereocenters. The summed E-state index contributed by atoms with van der Waals surface area (Å²) < 4.78 is 0. The number of carbonyl (C=O) groups excluding carboxylic acids is 1. The van der Waals surface area contributed by atoms with Gasteiger partial charge in [-0.3, -0.25) is 9.89 Å². The van der Waals surface area contributed by atoms with Crippen LogP contribution in [0.5, 0.6) is 0 Å². The monoisotopic (exact) mass is 250 g/mol. The Morgan fingerprint density at radius 3 is 2.94 bits per heavy atom. The Kier molecular flexibility index (Phi) is 3.14. The number of aromatic amines is 1. The predicted octanol–water partition coefficient (Wildman–Crippen LogP) is 1.35. The summed E-state index contributed by atoms with van der Waals surface area (Å²) in [7, 11) is 3.45. The Hall–Kier alpha value is -1.82. The van der Waals surface area contributed by atoms with Gasteiger partial charge in [-0.2, -0.15) is 5.10 Å². The molecule has 0 spiro atoms. The summed E-state index contributed by atoms with van der Waals surface area (Å²) in [5.74, 6) is 0.402. The lowest BCUT2D eigenvalue weighted by molar-refractivity contribution is -0.127. The molecule has 17 heavy (non-hydrogen) atoms. The summed E-state index contributed by atoms with van der Waals surface area (Å²) in [4.78, 5) is 14.3. The Labute approximate surface area is 103 Å². The number of carbonyl (C=O) groups is 1. The fourth-order valence-corrected chi connectivity index (χ4v) is 2.24. The number of hydrogen-bond acceptors (Lipinski definition) is 4. The van der Waals surface area contributed by atoms with Crippen LogP contribution in [0.3, 0.4) is 0 Å². The van der Waals surface area contributed by atoms with Crippen LogP contribution >= 0.6 is 11.3 Å². The Morgan fingerprint density at radius 1 is 1.59 bits per heavy atom. The molecule has 0 bridgehead atoms. The van der Waals surface area contributed by atoms with Crippen molar-refractivity contribution in [3.05, 3.63) is 23.1 Å². The van der Waals surface area contributed by atoms with Crippen LogP contribution in [0.1, 0.15) is 5.56 Å². The third kappa shape index (κ3) is 2.31. The van der Waals surface area contributed by atoms with Gasteiger partial charge in [-0.1, -0.05) is 6.07 Å². The molecule has 0 unspecified atom stereocenters. The number of H-pyrrole nitrogens is 1. The zero-order valence-electron chi connectivity index (χ0n) is 9.73. The van der Waals surface area contributed by atoms with E-state index in [1.165, 1.54) is 0 Å². The van der Waals surface area contributed by atoms with E-state index in [1.807, 2.05) is 17.5 Å². The molecule has 0 fully saturated rings. The number of hydrogen-bond donors (Lipinski definition) is 2. The highest BCUT2D eigenvalue weighted by atomic mass is 32.1. The van der Waals surface area contributed by atoms with Gasteiger partial charge in [0.05, 0.1) is 17.0 Å². The number of nitrogens with two attached hydrogens (primary N) is 1.